The summed E-state index contributed by atoms with van der Waals surface area (Å²) in [7, 11) is 0. The summed E-state index contributed by atoms with van der Waals surface area (Å²) in [4.78, 5) is 0. The zero-order chi connectivity index (χ0) is 11.6. The van der Waals surface area contributed by atoms with Crippen LogP contribution in [0.2, 0.25) is 0 Å². The van der Waals surface area contributed by atoms with Gasteiger partial charge in [0.25, 0.3) is 0 Å². The quantitative estimate of drug-likeness (QED) is 0.611. The number of benzene rings is 1. The molecule has 1 aromatic carbocycles. The van der Waals surface area contributed by atoms with E-state index in [1.54, 1.807) is 6.07 Å². The number of hydrogen-bond acceptors (Lipinski definition) is 0. The molecule has 0 aliphatic heterocycles. The Bertz CT molecular complexity index is 345. The van der Waals surface area contributed by atoms with Crippen LogP contribution in [0.25, 0.3) is 0 Å². The molecule has 0 aliphatic rings. The predicted molar refractivity (Wildman–Crippen MR) is 63.1 cm³/mol. The molecule has 0 fully saturated rings. The van der Waals surface area contributed by atoms with E-state index in [0.29, 0.717) is 5.92 Å². The van der Waals surface area contributed by atoms with Gasteiger partial charge in [0.1, 0.15) is 0 Å². The van der Waals surface area contributed by atoms with E-state index in [-0.39, 0.29) is 42.8 Å². The van der Waals surface area contributed by atoms with E-state index in [1.165, 1.54) is 0 Å². The molecular weight excluding hydrogens is 425 g/mol. The molecule has 0 bridgehead atoms. The molecule has 0 saturated carbocycles. The van der Waals surface area contributed by atoms with Crippen molar-refractivity contribution in [3.8, 4) is 0 Å². The van der Waals surface area contributed by atoms with Crippen molar-refractivity contribution in [3.05, 3.63) is 48.0 Å². The second-order valence-electron chi connectivity index (χ2n) is 4.39. The minimum Gasteiger partial charge on any atom is -0.347 e. The van der Waals surface area contributed by atoms with E-state index in [4.69, 9.17) is 0 Å². The topological polar surface area (TPSA) is 0 Å². The minimum absolute atomic E-state index is 0. The van der Waals surface area contributed by atoms with Crippen LogP contribution in [-0.2, 0) is 0 Å². The van der Waals surface area contributed by atoms with Gasteiger partial charge in [-0.2, -0.15) is 24.0 Å². The number of rotatable bonds is 3. The van der Waals surface area contributed by atoms with Crippen molar-refractivity contribution in [1.29, 1.82) is 0 Å². The summed E-state index contributed by atoms with van der Waals surface area (Å²) in [5.74, 6) is 0.231. The van der Waals surface area contributed by atoms with Crippen molar-refractivity contribution in [2.75, 3.05) is 0 Å². The summed E-state index contributed by atoms with van der Waals surface area (Å²) in [6, 6.07) is 3.60. The Kier molecular flexibility index (Phi) is 6.75. The molecule has 1 aromatic rings. The molecule has 86 valence electrons. The average Bonchev–Trinajstić information content (AvgIpc) is 2.15. The maximum absolute atomic E-state index is 13.8. The summed E-state index contributed by atoms with van der Waals surface area (Å²) in [6.45, 7) is 12.0. The van der Waals surface area contributed by atoms with Gasteiger partial charge in [0.05, 0.1) is 5.82 Å². The van der Waals surface area contributed by atoms with Crippen LogP contribution in [-0.4, -0.2) is 0 Å². The molecule has 0 aromatic heterocycles. The van der Waals surface area contributed by atoms with Gasteiger partial charge in [-0.05, 0) is 6.07 Å². The maximum atomic E-state index is 13.8. The Morgan fingerprint density at radius 1 is 1.31 bits per heavy atom. The van der Waals surface area contributed by atoms with Crippen molar-refractivity contribution >= 4 is 0 Å². The first-order valence-electron chi connectivity index (χ1n) is 5.39. The van der Waals surface area contributed by atoms with Crippen molar-refractivity contribution < 1.29 is 35.5 Å². The van der Waals surface area contributed by atoms with Gasteiger partial charge >= 0.3 is 31.1 Å². The Labute approximate surface area is 122 Å². The normalized spacial score (nSPS) is 12.2. The fourth-order valence-corrected chi connectivity index (χ4v) is 1.74. The van der Waals surface area contributed by atoms with Gasteiger partial charge in [-0.25, -0.2) is 4.39 Å². The molecule has 0 spiro atoms. The summed E-state index contributed by atoms with van der Waals surface area (Å²) in [5.41, 5.74) is 2.68. The molecule has 0 nitrogen and oxygen atoms in total. The second kappa shape index (κ2) is 6.72. The zero-order valence-electron chi connectivity index (χ0n) is 10.5. The molecule has 0 aliphatic carbocycles. The SMILES string of the molecule is [CH2-]C(c1c(F)cc(C)cc1[CH-]C)C(C)C.[U+2]. The van der Waals surface area contributed by atoms with Gasteiger partial charge in [0.15, 0.2) is 0 Å². The van der Waals surface area contributed by atoms with Crippen molar-refractivity contribution in [3.63, 3.8) is 0 Å². The van der Waals surface area contributed by atoms with Gasteiger partial charge < -0.3 is 6.92 Å². The van der Waals surface area contributed by atoms with Crippen molar-refractivity contribution in [2.45, 2.75) is 33.6 Å². The van der Waals surface area contributed by atoms with Crippen LogP contribution in [0.4, 0.5) is 4.39 Å². The first kappa shape index (κ1) is 16.1. The molecule has 1 unspecified atom stereocenters. The van der Waals surface area contributed by atoms with Gasteiger partial charge in [0, 0.05) is 0 Å². The average molecular weight is 444 g/mol. The van der Waals surface area contributed by atoms with E-state index in [9.17, 15) is 4.39 Å². The maximum Gasteiger partial charge on any atom is 2.00 e. The molecule has 2 heteroatoms. The third-order valence-electron chi connectivity index (χ3n) is 2.79. The van der Waals surface area contributed by atoms with Crippen LogP contribution < -0.4 is 0 Å². The van der Waals surface area contributed by atoms with E-state index < -0.39 is 0 Å². The number of hydrogen-bond donors (Lipinski definition) is 0. The first-order valence-corrected chi connectivity index (χ1v) is 5.39. The first-order chi connectivity index (χ1) is 6.97. The molecule has 0 N–H and O–H groups in total. The Hall–Kier alpha value is 0.0719. The molecule has 0 saturated heterocycles. The molecule has 1 rings (SSSR count). The minimum atomic E-state index is -0.128. The monoisotopic (exact) mass is 444 g/mol. The molecule has 0 radical (unpaired) electrons. The third kappa shape index (κ3) is 3.54. The van der Waals surface area contributed by atoms with Crippen molar-refractivity contribution in [1.82, 2.24) is 0 Å². The molecule has 16 heavy (non-hydrogen) atoms. The van der Waals surface area contributed by atoms with Crippen LogP contribution in [0.3, 0.4) is 0 Å². The predicted octanol–water partition coefficient (Wildman–Crippen LogP) is 4.28. The fraction of sp³-hybridized carbons (Fsp3) is 0.429. The summed E-state index contributed by atoms with van der Waals surface area (Å²) in [6.07, 6.45) is 1.95. The van der Waals surface area contributed by atoms with E-state index >= 15 is 0 Å². The Balaban J connectivity index is 0.00000225. The summed E-state index contributed by atoms with van der Waals surface area (Å²) < 4.78 is 13.8. The van der Waals surface area contributed by atoms with Gasteiger partial charge in [-0.3, -0.25) is 0 Å². The fourth-order valence-electron chi connectivity index (χ4n) is 1.74. The Morgan fingerprint density at radius 3 is 2.31 bits per heavy atom. The van der Waals surface area contributed by atoms with Crippen LogP contribution in [0.5, 0.6) is 0 Å². The summed E-state index contributed by atoms with van der Waals surface area (Å²) >= 11 is 0. The Morgan fingerprint density at radius 2 is 1.88 bits per heavy atom. The van der Waals surface area contributed by atoms with Crippen LogP contribution >= 0.6 is 0 Å². The van der Waals surface area contributed by atoms with Crippen LogP contribution in [0.15, 0.2) is 12.1 Å². The number of aryl methyl sites for hydroxylation is 1. The summed E-state index contributed by atoms with van der Waals surface area (Å²) in [5, 5.41) is 0. The zero-order valence-corrected chi connectivity index (χ0v) is 14.6. The number of halogens is 1. The van der Waals surface area contributed by atoms with Gasteiger partial charge in [0.2, 0.25) is 0 Å². The largest absolute Gasteiger partial charge is 2.00 e. The van der Waals surface area contributed by atoms with Gasteiger partial charge in [-0.15, -0.1) is 11.1 Å². The van der Waals surface area contributed by atoms with Crippen LogP contribution in [0.1, 0.15) is 43.4 Å². The second-order valence-corrected chi connectivity index (χ2v) is 4.39. The molecule has 0 heterocycles. The van der Waals surface area contributed by atoms with E-state index in [2.05, 4.69) is 20.8 Å². The standard InChI is InChI=1S/C14H19F.U/c1-6-12-7-10(4)8-13(15)14(12)11(5)9(2)3;/h6-9,11H,5H2,1-4H3;/q-2;+2. The van der Waals surface area contributed by atoms with E-state index in [0.717, 1.165) is 16.7 Å². The third-order valence-corrected chi connectivity index (χ3v) is 2.79. The van der Waals surface area contributed by atoms with Crippen molar-refractivity contribution in [2.24, 2.45) is 5.92 Å². The van der Waals surface area contributed by atoms with Crippen LogP contribution in [0, 0.1) is 63.1 Å². The molecule has 1 atom stereocenters. The molecule has 0 amide bonds. The van der Waals surface area contributed by atoms with Gasteiger partial charge in [-0.1, -0.05) is 33.6 Å². The smallest absolute Gasteiger partial charge is 0.347 e. The molecular formula is C14H19FU. The van der Waals surface area contributed by atoms with E-state index in [1.807, 2.05) is 26.3 Å².